The fourth-order valence-electron chi connectivity index (χ4n) is 3.08. The maximum Gasteiger partial charge on any atom is 0.157 e. The van der Waals surface area contributed by atoms with Gasteiger partial charge in [0.2, 0.25) is 0 Å². The van der Waals surface area contributed by atoms with E-state index in [4.69, 9.17) is 4.99 Å². The van der Waals surface area contributed by atoms with Crippen LogP contribution in [-0.2, 0) is 20.0 Å². The van der Waals surface area contributed by atoms with E-state index in [1.807, 2.05) is 23.5 Å². The van der Waals surface area contributed by atoms with E-state index in [0.717, 1.165) is 18.1 Å². The van der Waals surface area contributed by atoms with Crippen LogP contribution in [0.25, 0.3) is 0 Å². The van der Waals surface area contributed by atoms with Crippen molar-refractivity contribution in [3.05, 3.63) is 17.5 Å². The van der Waals surface area contributed by atoms with E-state index >= 15 is 0 Å². The molecule has 1 spiro atoms. The molecule has 0 unspecified atom stereocenters. The number of aliphatic imine (C=N–C) groups is 1. The van der Waals surface area contributed by atoms with Crippen LogP contribution in [0.5, 0.6) is 0 Å². The number of thioether (sulfide) groups is 1. The van der Waals surface area contributed by atoms with Gasteiger partial charge >= 0.3 is 0 Å². The summed E-state index contributed by atoms with van der Waals surface area (Å²) in [5, 5.41) is 9.26. The van der Waals surface area contributed by atoms with Crippen LogP contribution < -0.4 is 5.32 Å². The fraction of sp³-hybridized carbons (Fsp3) is 0.714. The Hall–Kier alpha value is -0.970. The first-order valence-electron chi connectivity index (χ1n) is 7.18. The van der Waals surface area contributed by atoms with Crippen LogP contribution in [0.4, 0.5) is 0 Å². The number of aryl methyl sites for hydroxylation is 2. The van der Waals surface area contributed by atoms with Crippen molar-refractivity contribution in [2.24, 2.45) is 12.0 Å². The second-order valence-corrected chi connectivity index (χ2v) is 6.61. The van der Waals surface area contributed by atoms with Crippen molar-refractivity contribution in [1.82, 2.24) is 15.1 Å². The van der Waals surface area contributed by atoms with Gasteiger partial charge in [-0.15, -0.1) is 0 Å². The Labute approximate surface area is 119 Å². The molecule has 1 N–H and O–H groups in total. The molecule has 1 aliphatic carbocycles. The molecule has 1 saturated heterocycles. The third-order valence-corrected chi connectivity index (χ3v) is 5.34. The number of amidine groups is 1. The van der Waals surface area contributed by atoms with Crippen LogP contribution in [0.1, 0.15) is 43.9 Å². The van der Waals surface area contributed by atoms with Gasteiger partial charge in [0.25, 0.3) is 0 Å². The van der Waals surface area contributed by atoms with Crippen LogP contribution in [0.2, 0.25) is 0 Å². The predicted octanol–water partition coefficient (Wildman–Crippen LogP) is 2.49. The third kappa shape index (κ3) is 2.66. The van der Waals surface area contributed by atoms with Gasteiger partial charge in [0, 0.05) is 30.1 Å². The Morgan fingerprint density at radius 1 is 1.47 bits per heavy atom. The number of nitrogens with one attached hydrogen (secondary N) is 1. The lowest BCUT2D eigenvalue weighted by Crippen LogP contribution is -2.40. The standard InChI is InChI=1S/C14H22N4S/c1-3-12-11(9-18(2)17-12)8-15-13-16-14(10-19-13)6-4-5-7-14/h9H,3-8,10H2,1-2H3,(H,15,16). The monoisotopic (exact) mass is 278 g/mol. The maximum absolute atomic E-state index is 4.75. The molecule has 104 valence electrons. The zero-order chi connectivity index (χ0) is 13.3. The SMILES string of the molecule is CCc1nn(C)cc1CN=C1NC2(CCCC2)CS1. The first-order chi connectivity index (χ1) is 9.21. The topological polar surface area (TPSA) is 42.2 Å². The minimum Gasteiger partial charge on any atom is -0.359 e. The van der Waals surface area contributed by atoms with E-state index in [9.17, 15) is 0 Å². The maximum atomic E-state index is 4.75. The summed E-state index contributed by atoms with van der Waals surface area (Å²) in [6, 6.07) is 0. The van der Waals surface area contributed by atoms with Gasteiger partial charge in [-0.05, 0) is 19.3 Å². The summed E-state index contributed by atoms with van der Waals surface area (Å²) in [6.45, 7) is 2.90. The molecule has 19 heavy (non-hydrogen) atoms. The lowest BCUT2D eigenvalue weighted by atomic mass is 10.0. The molecule has 1 saturated carbocycles. The van der Waals surface area contributed by atoms with Gasteiger partial charge in [0.15, 0.2) is 5.17 Å². The molecular weight excluding hydrogens is 256 g/mol. The van der Waals surface area contributed by atoms with E-state index in [1.165, 1.54) is 42.7 Å². The number of nitrogens with zero attached hydrogens (tertiary/aromatic N) is 3. The zero-order valence-electron chi connectivity index (χ0n) is 11.8. The normalized spacial score (nSPS) is 23.4. The molecule has 0 aromatic carbocycles. The van der Waals surface area contributed by atoms with Gasteiger partial charge in [-0.25, -0.2) is 0 Å². The molecule has 4 nitrogen and oxygen atoms in total. The lowest BCUT2D eigenvalue weighted by molar-refractivity contribution is 0.452. The van der Waals surface area contributed by atoms with Gasteiger partial charge in [0.1, 0.15) is 0 Å². The van der Waals surface area contributed by atoms with Crippen LogP contribution in [0.3, 0.4) is 0 Å². The Morgan fingerprint density at radius 2 is 2.26 bits per heavy atom. The van der Waals surface area contributed by atoms with Gasteiger partial charge in [-0.2, -0.15) is 5.10 Å². The first-order valence-corrected chi connectivity index (χ1v) is 8.16. The minimum absolute atomic E-state index is 0.367. The highest BCUT2D eigenvalue weighted by Gasteiger charge is 2.39. The summed E-state index contributed by atoms with van der Waals surface area (Å²) in [5.41, 5.74) is 2.80. The molecular formula is C14H22N4S. The Balaban J connectivity index is 1.66. The highest BCUT2D eigenvalue weighted by Crippen LogP contribution is 2.37. The van der Waals surface area contributed by atoms with Gasteiger partial charge < -0.3 is 5.32 Å². The summed E-state index contributed by atoms with van der Waals surface area (Å²) in [7, 11) is 1.98. The van der Waals surface area contributed by atoms with Gasteiger partial charge in [0.05, 0.1) is 12.2 Å². The molecule has 0 amide bonds. The largest absolute Gasteiger partial charge is 0.359 e. The number of aromatic nitrogens is 2. The highest BCUT2D eigenvalue weighted by molar-refractivity contribution is 8.14. The van der Waals surface area contributed by atoms with E-state index in [0.29, 0.717) is 5.54 Å². The van der Waals surface area contributed by atoms with E-state index in [-0.39, 0.29) is 0 Å². The lowest BCUT2D eigenvalue weighted by Gasteiger charge is -2.21. The summed E-state index contributed by atoms with van der Waals surface area (Å²) < 4.78 is 1.89. The number of hydrogen-bond acceptors (Lipinski definition) is 3. The molecule has 1 aliphatic heterocycles. The summed E-state index contributed by atoms with van der Waals surface area (Å²) >= 11 is 1.89. The van der Waals surface area contributed by atoms with Crippen LogP contribution in [0, 0.1) is 0 Å². The summed E-state index contributed by atoms with van der Waals surface area (Å²) in [5.74, 6) is 1.19. The Bertz CT molecular complexity index is 486. The van der Waals surface area contributed by atoms with Crippen molar-refractivity contribution < 1.29 is 0 Å². The highest BCUT2D eigenvalue weighted by atomic mass is 32.2. The molecule has 0 atom stereocenters. The van der Waals surface area contributed by atoms with Crippen molar-refractivity contribution in [2.45, 2.75) is 51.1 Å². The molecule has 2 heterocycles. The molecule has 2 fully saturated rings. The van der Waals surface area contributed by atoms with E-state index in [1.54, 1.807) is 0 Å². The van der Waals surface area contributed by atoms with E-state index < -0.39 is 0 Å². The van der Waals surface area contributed by atoms with Crippen molar-refractivity contribution in [2.75, 3.05) is 5.75 Å². The molecule has 5 heteroatoms. The summed E-state index contributed by atoms with van der Waals surface area (Å²) in [4.78, 5) is 4.75. The summed E-state index contributed by atoms with van der Waals surface area (Å²) in [6.07, 6.45) is 8.42. The molecule has 1 aromatic heterocycles. The fourth-order valence-corrected chi connectivity index (χ4v) is 4.30. The van der Waals surface area contributed by atoms with Crippen molar-refractivity contribution in [1.29, 1.82) is 0 Å². The first kappa shape index (κ1) is 13.0. The Kier molecular flexibility index (Phi) is 3.56. The molecule has 3 rings (SSSR count). The molecule has 1 aromatic rings. The molecule has 0 bridgehead atoms. The smallest absolute Gasteiger partial charge is 0.157 e. The Morgan fingerprint density at radius 3 is 3.00 bits per heavy atom. The third-order valence-electron chi connectivity index (χ3n) is 4.14. The quantitative estimate of drug-likeness (QED) is 0.923. The van der Waals surface area contributed by atoms with Crippen molar-refractivity contribution >= 4 is 16.9 Å². The molecule has 2 aliphatic rings. The second kappa shape index (κ2) is 5.19. The van der Waals surface area contributed by atoms with Crippen molar-refractivity contribution in [3.8, 4) is 0 Å². The average molecular weight is 278 g/mol. The van der Waals surface area contributed by atoms with Gasteiger partial charge in [-0.1, -0.05) is 31.5 Å². The average Bonchev–Trinajstić information content (AvgIpc) is 3.10. The second-order valence-electron chi connectivity index (χ2n) is 5.65. The van der Waals surface area contributed by atoms with Crippen LogP contribution in [-0.4, -0.2) is 26.2 Å². The number of rotatable bonds is 3. The molecule has 0 radical (unpaired) electrons. The van der Waals surface area contributed by atoms with Crippen LogP contribution >= 0.6 is 11.8 Å². The van der Waals surface area contributed by atoms with E-state index in [2.05, 4.69) is 23.5 Å². The van der Waals surface area contributed by atoms with Gasteiger partial charge in [-0.3, -0.25) is 9.67 Å². The zero-order valence-corrected chi connectivity index (χ0v) is 12.6. The predicted molar refractivity (Wildman–Crippen MR) is 80.5 cm³/mol. The minimum atomic E-state index is 0.367. The van der Waals surface area contributed by atoms with Crippen molar-refractivity contribution in [3.63, 3.8) is 0 Å². The van der Waals surface area contributed by atoms with Crippen LogP contribution in [0.15, 0.2) is 11.2 Å². The number of hydrogen-bond donors (Lipinski definition) is 1.